The fourth-order valence-electron chi connectivity index (χ4n) is 3.39. The van der Waals surface area contributed by atoms with Crippen LogP contribution in [0.1, 0.15) is 50.3 Å². The van der Waals surface area contributed by atoms with Crippen LogP contribution in [-0.2, 0) is 23.9 Å². The molecule has 6 nitrogen and oxygen atoms in total. The van der Waals surface area contributed by atoms with Crippen molar-refractivity contribution in [1.29, 1.82) is 0 Å². The van der Waals surface area contributed by atoms with Gasteiger partial charge in [-0.3, -0.25) is 9.59 Å². The molecule has 1 heterocycles. The first-order chi connectivity index (χ1) is 12.6. The van der Waals surface area contributed by atoms with Gasteiger partial charge in [-0.2, -0.15) is 0 Å². The van der Waals surface area contributed by atoms with Crippen molar-refractivity contribution in [3.63, 3.8) is 0 Å². The smallest absolute Gasteiger partial charge is 0.316 e. The SMILES string of the molecule is COCON1C(=O)C(c2c(C)cccc2C)=C(OC(=O)C2(C)CC2)C1(C)C. The Balaban J connectivity index is 2.13. The van der Waals surface area contributed by atoms with E-state index >= 15 is 0 Å². The number of nitrogens with zero attached hydrogens (tertiary/aromatic N) is 1. The number of esters is 1. The summed E-state index contributed by atoms with van der Waals surface area (Å²) in [6, 6.07) is 5.82. The fraction of sp³-hybridized carbons (Fsp3) is 0.524. The van der Waals surface area contributed by atoms with Crippen LogP contribution in [0.25, 0.3) is 5.57 Å². The Morgan fingerprint density at radius 3 is 2.26 bits per heavy atom. The molecular weight excluding hydrogens is 346 g/mol. The number of carbonyl (C=O) groups excluding carboxylic acids is 2. The summed E-state index contributed by atoms with van der Waals surface area (Å²) < 4.78 is 10.8. The van der Waals surface area contributed by atoms with E-state index in [0.717, 1.165) is 29.5 Å². The summed E-state index contributed by atoms with van der Waals surface area (Å²) in [6.07, 6.45) is 1.60. The number of aryl methyl sites for hydroxylation is 2. The number of methoxy groups -OCH3 is 1. The summed E-state index contributed by atoms with van der Waals surface area (Å²) in [6.45, 7) is 9.30. The summed E-state index contributed by atoms with van der Waals surface area (Å²) in [7, 11) is 1.49. The lowest BCUT2D eigenvalue weighted by Crippen LogP contribution is -2.44. The van der Waals surface area contributed by atoms with Crippen molar-refractivity contribution < 1.29 is 23.9 Å². The van der Waals surface area contributed by atoms with Gasteiger partial charge in [0.05, 0.1) is 11.0 Å². The van der Waals surface area contributed by atoms with Crippen LogP contribution in [-0.4, -0.2) is 36.4 Å². The molecule has 0 unspecified atom stereocenters. The molecule has 0 spiro atoms. The first-order valence-electron chi connectivity index (χ1n) is 9.13. The van der Waals surface area contributed by atoms with E-state index in [4.69, 9.17) is 14.3 Å². The van der Waals surface area contributed by atoms with Gasteiger partial charge in [0.1, 0.15) is 11.3 Å². The maximum atomic E-state index is 13.3. The Morgan fingerprint density at radius 2 is 1.74 bits per heavy atom. The molecule has 1 aromatic carbocycles. The van der Waals surface area contributed by atoms with Crippen molar-refractivity contribution in [3.05, 3.63) is 40.6 Å². The van der Waals surface area contributed by atoms with Crippen LogP contribution in [0, 0.1) is 19.3 Å². The highest BCUT2D eigenvalue weighted by Crippen LogP contribution is 2.49. The second-order valence-corrected chi connectivity index (χ2v) is 8.12. The normalized spacial score (nSPS) is 20.2. The van der Waals surface area contributed by atoms with Crippen LogP contribution in [0.4, 0.5) is 0 Å². The highest BCUT2D eigenvalue weighted by Gasteiger charge is 2.53. The molecule has 0 saturated heterocycles. The molecule has 0 N–H and O–H groups in total. The molecule has 1 aliphatic carbocycles. The highest BCUT2D eigenvalue weighted by molar-refractivity contribution is 6.23. The molecule has 0 radical (unpaired) electrons. The van der Waals surface area contributed by atoms with Gasteiger partial charge in [0.25, 0.3) is 5.91 Å². The zero-order chi connectivity index (χ0) is 20.0. The Labute approximate surface area is 160 Å². The number of hydrogen-bond donors (Lipinski definition) is 0. The summed E-state index contributed by atoms with van der Waals surface area (Å²) in [4.78, 5) is 31.5. The maximum Gasteiger partial charge on any atom is 0.316 e. The standard InChI is InChI=1S/C21H27NO5/c1-13-8-7-9-14(2)15(13)16-17(27-19(24)21(5)10-11-21)20(3,4)22(18(16)23)26-12-25-6/h7-9H,10-12H2,1-6H3. The minimum atomic E-state index is -0.944. The van der Waals surface area contributed by atoms with Gasteiger partial charge >= 0.3 is 5.97 Å². The van der Waals surface area contributed by atoms with Gasteiger partial charge in [0.15, 0.2) is 6.79 Å². The van der Waals surface area contributed by atoms with Crippen molar-refractivity contribution in [3.8, 4) is 0 Å². The van der Waals surface area contributed by atoms with Gasteiger partial charge in [-0.1, -0.05) is 18.2 Å². The zero-order valence-corrected chi connectivity index (χ0v) is 16.8. The molecule has 146 valence electrons. The van der Waals surface area contributed by atoms with E-state index in [9.17, 15) is 9.59 Å². The maximum absolute atomic E-state index is 13.3. The predicted octanol–water partition coefficient (Wildman–Crippen LogP) is 3.51. The van der Waals surface area contributed by atoms with Crippen LogP contribution in [0.15, 0.2) is 24.0 Å². The van der Waals surface area contributed by atoms with Crippen LogP contribution >= 0.6 is 0 Å². The topological polar surface area (TPSA) is 65.1 Å². The Bertz CT molecular complexity index is 800. The van der Waals surface area contributed by atoms with Gasteiger partial charge in [0.2, 0.25) is 0 Å². The molecule has 2 aliphatic rings. The zero-order valence-electron chi connectivity index (χ0n) is 16.8. The Morgan fingerprint density at radius 1 is 1.15 bits per heavy atom. The summed E-state index contributed by atoms with van der Waals surface area (Å²) in [5.41, 5.74) is 1.63. The molecule has 1 aliphatic heterocycles. The lowest BCUT2D eigenvalue weighted by molar-refractivity contribution is -0.239. The molecular formula is C21H27NO5. The third kappa shape index (κ3) is 3.28. The molecule has 0 bridgehead atoms. The quantitative estimate of drug-likeness (QED) is 0.564. The number of hydroxylamine groups is 2. The van der Waals surface area contributed by atoms with Crippen molar-refractivity contribution in [2.45, 2.75) is 53.0 Å². The lowest BCUT2D eigenvalue weighted by Gasteiger charge is -2.31. The van der Waals surface area contributed by atoms with Gasteiger partial charge < -0.3 is 9.47 Å². The van der Waals surface area contributed by atoms with Crippen molar-refractivity contribution in [2.24, 2.45) is 5.41 Å². The van der Waals surface area contributed by atoms with E-state index in [2.05, 4.69) is 0 Å². The molecule has 3 rings (SSSR count). The number of rotatable bonds is 6. The Hall–Kier alpha value is -2.18. The van der Waals surface area contributed by atoms with Crippen molar-refractivity contribution in [2.75, 3.05) is 13.9 Å². The number of benzene rings is 1. The van der Waals surface area contributed by atoms with E-state index in [0.29, 0.717) is 11.3 Å². The van der Waals surface area contributed by atoms with Crippen LogP contribution < -0.4 is 0 Å². The highest BCUT2D eigenvalue weighted by atomic mass is 16.8. The average Bonchev–Trinajstić information content (AvgIpc) is 3.31. The monoisotopic (exact) mass is 373 g/mol. The minimum Gasteiger partial charge on any atom is -0.427 e. The van der Waals surface area contributed by atoms with Crippen LogP contribution in [0.3, 0.4) is 0 Å². The third-order valence-electron chi connectivity index (χ3n) is 5.41. The molecule has 1 saturated carbocycles. The minimum absolute atomic E-state index is 0.0753. The van der Waals surface area contributed by atoms with Gasteiger partial charge in [0, 0.05) is 7.11 Å². The predicted molar refractivity (Wildman–Crippen MR) is 100 cm³/mol. The number of amides is 1. The molecule has 1 amide bonds. The fourth-order valence-corrected chi connectivity index (χ4v) is 3.39. The molecule has 0 atom stereocenters. The van der Waals surface area contributed by atoms with E-state index in [1.807, 2.05) is 39.0 Å². The number of carbonyl (C=O) groups is 2. The van der Waals surface area contributed by atoms with Gasteiger partial charge in [-0.15, -0.1) is 0 Å². The third-order valence-corrected chi connectivity index (χ3v) is 5.41. The van der Waals surface area contributed by atoms with Gasteiger partial charge in [-0.05, 0) is 64.2 Å². The molecule has 27 heavy (non-hydrogen) atoms. The van der Waals surface area contributed by atoms with Crippen molar-refractivity contribution >= 4 is 17.4 Å². The van der Waals surface area contributed by atoms with Crippen LogP contribution in [0.5, 0.6) is 0 Å². The summed E-state index contributed by atoms with van der Waals surface area (Å²) in [5.74, 6) is -0.298. The molecule has 0 aromatic heterocycles. The number of ether oxygens (including phenoxy) is 2. The Kier molecular flexibility index (Phi) is 4.91. The van der Waals surface area contributed by atoms with Crippen molar-refractivity contribution in [1.82, 2.24) is 5.06 Å². The van der Waals surface area contributed by atoms with E-state index in [1.54, 1.807) is 13.8 Å². The van der Waals surface area contributed by atoms with Crippen LogP contribution in [0.2, 0.25) is 0 Å². The molecule has 1 fully saturated rings. The largest absolute Gasteiger partial charge is 0.427 e. The lowest BCUT2D eigenvalue weighted by atomic mass is 9.93. The van der Waals surface area contributed by atoms with E-state index in [1.165, 1.54) is 12.2 Å². The van der Waals surface area contributed by atoms with E-state index < -0.39 is 11.0 Å². The first-order valence-corrected chi connectivity index (χ1v) is 9.13. The average molecular weight is 373 g/mol. The van der Waals surface area contributed by atoms with E-state index in [-0.39, 0.29) is 18.7 Å². The molecule has 6 heteroatoms. The summed E-state index contributed by atoms with van der Waals surface area (Å²) >= 11 is 0. The second-order valence-electron chi connectivity index (χ2n) is 8.12. The van der Waals surface area contributed by atoms with Gasteiger partial charge in [-0.25, -0.2) is 9.90 Å². The first kappa shape index (κ1) is 19.6. The summed E-state index contributed by atoms with van der Waals surface area (Å²) in [5, 5.41) is 1.25. The molecule has 1 aromatic rings. The second kappa shape index (κ2) is 6.77. The number of hydrogen-bond acceptors (Lipinski definition) is 5.